The third-order valence-electron chi connectivity index (χ3n) is 5.31. The number of nitrogens with zero attached hydrogens (tertiary/aromatic N) is 3. The van der Waals surface area contributed by atoms with Gasteiger partial charge in [-0.15, -0.1) is 0 Å². The average molecular weight is 489 g/mol. The highest BCUT2D eigenvalue weighted by atomic mass is 16.5. The number of rotatable bonds is 13. The standard InChI is InChI=1S/C22H32N8O5/c23-4-7-29(12-18(26)31)19(32)13-30-11-14-10-15(27-21(14)28-22(30)33)20-16(34-8-5-24)2-1-3-17(20)35-9-6-25/h1-3,10,14H,4-9,11-13,23-25H2,(H2,26,31)(H,27,28,33). The predicted octanol–water partition coefficient (Wildman–Crippen LogP) is -1.97. The Morgan fingerprint density at radius 2 is 1.77 bits per heavy atom. The lowest BCUT2D eigenvalue weighted by Gasteiger charge is -2.32. The Kier molecular flexibility index (Phi) is 9.00. The number of amidine groups is 1. The molecular weight excluding hydrogens is 456 g/mol. The summed E-state index contributed by atoms with van der Waals surface area (Å²) in [7, 11) is 0. The van der Waals surface area contributed by atoms with Gasteiger partial charge < -0.3 is 42.2 Å². The van der Waals surface area contributed by atoms with Crippen LogP contribution in [-0.2, 0) is 9.59 Å². The number of carbonyl (C=O) groups is 3. The Labute approximate surface area is 203 Å². The molecule has 0 saturated carbocycles. The zero-order chi connectivity index (χ0) is 25.4. The lowest BCUT2D eigenvalue weighted by atomic mass is 10.0. The highest BCUT2D eigenvalue weighted by molar-refractivity contribution is 6.08. The molecule has 2 aliphatic rings. The van der Waals surface area contributed by atoms with E-state index in [1.54, 1.807) is 18.2 Å². The molecule has 9 N–H and O–H groups in total. The number of aliphatic imine (C=N–C) groups is 1. The Balaban J connectivity index is 1.81. The van der Waals surface area contributed by atoms with Gasteiger partial charge in [0.25, 0.3) is 0 Å². The number of amides is 4. The van der Waals surface area contributed by atoms with Gasteiger partial charge in [0.05, 0.1) is 23.7 Å². The number of urea groups is 1. The summed E-state index contributed by atoms with van der Waals surface area (Å²) in [5.41, 5.74) is 23.1. The average Bonchev–Trinajstić information content (AvgIpc) is 3.23. The number of benzene rings is 1. The van der Waals surface area contributed by atoms with Gasteiger partial charge in [-0.05, 0) is 18.2 Å². The van der Waals surface area contributed by atoms with Gasteiger partial charge in [0.15, 0.2) is 0 Å². The van der Waals surface area contributed by atoms with Crippen molar-refractivity contribution in [3.05, 3.63) is 29.8 Å². The molecule has 0 spiro atoms. The van der Waals surface area contributed by atoms with Crippen molar-refractivity contribution in [3.63, 3.8) is 0 Å². The van der Waals surface area contributed by atoms with Crippen LogP contribution in [0.5, 0.6) is 11.5 Å². The Morgan fingerprint density at radius 1 is 1.11 bits per heavy atom. The lowest BCUT2D eigenvalue weighted by Crippen LogP contribution is -2.56. The highest BCUT2D eigenvalue weighted by Gasteiger charge is 2.35. The first-order valence-electron chi connectivity index (χ1n) is 11.3. The summed E-state index contributed by atoms with van der Waals surface area (Å²) in [6, 6.07) is 4.91. The zero-order valence-electron chi connectivity index (χ0n) is 19.4. The van der Waals surface area contributed by atoms with E-state index < -0.39 is 17.8 Å². The van der Waals surface area contributed by atoms with E-state index in [-0.39, 0.29) is 38.6 Å². The van der Waals surface area contributed by atoms with Crippen LogP contribution in [0.25, 0.3) is 5.70 Å². The number of carbonyl (C=O) groups excluding carboxylic acids is 3. The Morgan fingerprint density at radius 3 is 2.34 bits per heavy atom. The molecule has 0 radical (unpaired) electrons. The maximum atomic E-state index is 12.7. The summed E-state index contributed by atoms with van der Waals surface area (Å²) in [6.07, 6.45) is 1.88. The molecule has 1 fully saturated rings. The van der Waals surface area contributed by atoms with E-state index in [9.17, 15) is 14.4 Å². The number of nitrogens with one attached hydrogen (secondary N) is 1. The molecule has 0 bridgehead atoms. The molecule has 0 aromatic heterocycles. The fourth-order valence-electron chi connectivity index (χ4n) is 3.80. The van der Waals surface area contributed by atoms with Gasteiger partial charge in [-0.1, -0.05) is 6.07 Å². The van der Waals surface area contributed by atoms with Gasteiger partial charge >= 0.3 is 6.03 Å². The fraction of sp³-hybridized carbons (Fsp3) is 0.455. The van der Waals surface area contributed by atoms with Crippen LogP contribution in [0.1, 0.15) is 5.56 Å². The van der Waals surface area contributed by atoms with Gasteiger partial charge in [0, 0.05) is 32.7 Å². The number of hydrogen-bond donors (Lipinski definition) is 5. The summed E-state index contributed by atoms with van der Waals surface area (Å²) >= 11 is 0. The van der Waals surface area contributed by atoms with Crippen LogP contribution in [0, 0.1) is 5.92 Å². The summed E-state index contributed by atoms with van der Waals surface area (Å²) < 4.78 is 11.6. The summed E-state index contributed by atoms with van der Waals surface area (Å²) in [5.74, 6) is 0.186. The first-order chi connectivity index (χ1) is 16.9. The van der Waals surface area contributed by atoms with Gasteiger partial charge in [-0.3, -0.25) is 14.9 Å². The number of hydrogen-bond acceptors (Lipinski definition) is 9. The fourth-order valence-corrected chi connectivity index (χ4v) is 3.80. The summed E-state index contributed by atoms with van der Waals surface area (Å²) in [6.45, 7) is 1.32. The van der Waals surface area contributed by atoms with Crippen LogP contribution >= 0.6 is 0 Å². The molecule has 13 nitrogen and oxygen atoms in total. The van der Waals surface area contributed by atoms with E-state index in [1.165, 1.54) is 9.80 Å². The van der Waals surface area contributed by atoms with Gasteiger partial charge in [-0.2, -0.15) is 0 Å². The molecule has 1 atom stereocenters. The minimum atomic E-state index is -0.657. The van der Waals surface area contributed by atoms with Crippen molar-refractivity contribution >= 4 is 29.4 Å². The van der Waals surface area contributed by atoms with E-state index in [2.05, 4.69) is 10.3 Å². The SMILES string of the molecule is NCCOc1cccc(OCCN)c1C1=CC2CN(CC(=O)N(CCN)CC(N)=O)C(=O)NC2=N1. The van der Waals surface area contributed by atoms with Crippen LogP contribution in [0.15, 0.2) is 29.3 Å². The van der Waals surface area contributed by atoms with Crippen LogP contribution in [-0.4, -0.2) is 92.5 Å². The van der Waals surface area contributed by atoms with E-state index in [1.807, 2.05) is 6.08 Å². The van der Waals surface area contributed by atoms with Crippen LogP contribution < -0.4 is 37.7 Å². The largest absolute Gasteiger partial charge is 0.491 e. The quantitative estimate of drug-likeness (QED) is 0.210. The molecule has 4 amide bonds. The first kappa shape index (κ1) is 25.9. The van der Waals surface area contributed by atoms with E-state index in [0.29, 0.717) is 54.9 Å². The van der Waals surface area contributed by atoms with Crippen LogP contribution in [0.2, 0.25) is 0 Å². The normalized spacial score (nSPS) is 16.7. The maximum Gasteiger partial charge on any atom is 0.323 e. The van der Waals surface area contributed by atoms with Crippen molar-refractivity contribution < 1.29 is 23.9 Å². The molecule has 190 valence electrons. The van der Waals surface area contributed by atoms with Crippen molar-refractivity contribution in [3.8, 4) is 11.5 Å². The molecule has 1 saturated heterocycles. The van der Waals surface area contributed by atoms with E-state index in [4.69, 9.17) is 32.4 Å². The van der Waals surface area contributed by atoms with Gasteiger partial charge in [0.2, 0.25) is 11.8 Å². The second-order valence-electron chi connectivity index (χ2n) is 7.94. The Bertz CT molecular complexity index is 985. The lowest BCUT2D eigenvalue weighted by molar-refractivity contribution is -0.135. The van der Waals surface area contributed by atoms with E-state index >= 15 is 0 Å². The first-order valence-corrected chi connectivity index (χ1v) is 11.3. The second-order valence-corrected chi connectivity index (χ2v) is 7.94. The van der Waals surface area contributed by atoms with Gasteiger partial charge in [0.1, 0.15) is 37.1 Å². The zero-order valence-corrected chi connectivity index (χ0v) is 19.4. The maximum absolute atomic E-state index is 12.7. The van der Waals surface area contributed by atoms with Gasteiger partial charge in [-0.25, -0.2) is 9.79 Å². The van der Waals surface area contributed by atoms with E-state index in [0.717, 1.165) is 0 Å². The topological polar surface area (TPSA) is 205 Å². The smallest absolute Gasteiger partial charge is 0.323 e. The number of ether oxygens (including phenoxy) is 2. The third-order valence-corrected chi connectivity index (χ3v) is 5.31. The van der Waals surface area contributed by atoms with Crippen molar-refractivity contribution in [2.24, 2.45) is 33.8 Å². The molecule has 3 rings (SSSR count). The highest BCUT2D eigenvalue weighted by Crippen LogP contribution is 2.39. The summed E-state index contributed by atoms with van der Waals surface area (Å²) in [5, 5.41) is 2.75. The molecule has 2 aliphatic heterocycles. The number of nitrogens with two attached hydrogens (primary N) is 4. The molecule has 1 aromatic rings. The second kappa shape index (κ2) is 12.1. The minimum Gasteiger partial charge on any atom is -0.491 e. The monoisotopic (exact) mass is 488 g/mol. The molecule has 35 heavy (non-hydrogen) atoms. The van der Waals surface area contributed by atoms with Crippen molar-refractivity contribution in [1.82, 2.24) is 15.1 Å². The van der Waals surface area contributed by atoms with Crippen molar-refractivity contribution in [1.29, 1.82) is 0 Å². The predicted molar refractivity (Wildman–Crippen MR) is 129 cm³/mol. The van der Waals surface area contributed by atoms with Crippen molar-refractivity contribution in [2.45, 2.75) is 0 Å². The number of fused-ring (bicyclic) bond motifs is 1. The molecule has 1 unspecified atom stereocenters. The Hall–Kier alpha value is -3.68. The van der Waals surface area contributed by atoms with Crippen LogP contribution in [0.3, 0.4) is 0 Å². The minimum absolute atomic E-state index is 0.155. The number of primary amides is 1. The third kappa shape index (κ3) is 6.47. The molecule has 0 aliphatic carbocycles. The molecule has 2 heterocycles. The molecular formula is C22H32N8O5. The van der Waals surface area contributed by atoms with Crippen molar-refractivity contribution in [2.75, 3.05) is 59.0 Å². The van der Waals surface area contributed by atoms with Crippen LogP contribution in [0.4, 0.5) is 4.79 Å². The summed E-state index contributed by atoms with van der Waals surface area (Å²) in [4.78, 5) is 43.9. The molecule has 13 heteroatoms. The molecule has 1 aromatic carbocycles.